The number of hydrogen-bond donors (Lipinski definition) is 3. The van der Waals surface area contributed by atoms with Crippen LogP contribution in [-0.4, -0.2) is 48.7 Å². The Balaban J connectivity index is 1.49. The number of aliphatic hydroxyl groups is 1. The normalized spacial score (nSPS) is 21.5. The summed E-state index contributed by atoms with van der Waals surface area (Å²) in [4.78, 5) is 18.6. The monoisotopic (exact) mass is 390 g/mol. The second-order valence-corrected chi connectivity index (χ2v) is 6.94. The van der Waals surface area contributed by atoms with Gasteiger partial charge in [0.1, 0.15) is 0 Å². The standard InChI is InChI=1S/C20H18N6O3/c27-19(29-26-12-10-13-5-1-4-8-17(13)26)20(28)16(9-11-21-20)14-6-2-3-7-15(14)18-22-24-25-23-18/h1-8,10,12,16,21,28H,9,11H2,(H,22,23,24,25)/t16?,20-/m1/s1. The van der Waals surface area contributed by atoms with Crippen molar-refractivity contribution in [2.24, 2.45) is 0 Å². The number of tetrazole rings is 1. The van der Waals surface area contributed by atoms with E-state index in [-0.39, 0.29) is 0 Å². The van der Waals surface area contributed by atoms with E-state index in [0.29, 0.717) is 24.4 Å². The highest BCUT2D eigenvalue weighted by Crippen LogP contribution is 2.39. The summed E-state index contributed by atoms with van der Waals surface area (Å²) in [5, 5.41) is 29.3. The summed E-state index contributed by atoms with van der Waals surface area (Å²) >= 11 is 0. The number of H-pyrrole nitrogens is 1. The van der Waals surface area contributed by atoms with Gasteiger partial charge in [-0.3, -0.25) is 5.32 Å². The molecule has 146 valence electrons. The molecule has 1 unspecified atom stereocenters. The third-order valence-electron chi connectivity index (χ3n) is 5.31. The molecule has 0 saturated carbocycles. The van der Waals surface area contributed by atoms with Crippen LogP contribution in [-0.2, 0) is 4.79 Å². The number of hydrogen-bond acceptors (Lipinski definition) is 7. The van der Waals surface area contributed by atoms with E-state index in [0.717, 1.165) is 16.5 Å². The molecule has 3 heterocycles. The van der Waals surface area contributed by atoms with E-state index in [2.05, 4.69) is 25.9 Å². The predicted octanol–water partition coefficient (Wildman–Crippen LogP) is 1.24. The Morgan fingerprint density at radius 2 is 2.00 bits per heavy atom. The predicted molar refractivity (Wildman–Crippen MR) is 103 cm³/mol. The van der Waals surface area contributed by atoms with Gasteiger partial charge < -0.3 is 9.94 Å². The van der Waals surface area contributed by atoms with Crippen LogP contribution >= 0.6 is 0 Å². The minimum atomic E-state index is -1.88. The van der Waals surface area contributed by atoms with E-state index >= 15 is 0 Å². The number of rotatable bonds is 4. The Hall–Kier alpha value is -3.56. The molecule has 2 aromatic heterocycles. The molecule has 2 atom stereocenters. The van der Waals surface area contributed by atoms with Crippen LogP contribution in [0.25, 0.3) is 22.3 Å². The summed E-state index contributed by atoms with van der Waals surface area (Å²) in [5.74, 6) is -0.907. The van der Waals surface area contributed by atoms with Crippen LogP contribution in [0, 0.1) is 0 Å². The fraction of sp³-hybridized carbons (Fsp3) is 0.200. The van der Waals surface area contributed by atoms with Crippen molar-refractivity contribution in [2.45, 2.75) is 18.1 Å². The first-order chi connectivity index (χ1) is 14.2. The number of para-hydroxylation sites is 1. The highest BCUT2D eigenvalue weighted by molar-refractivity contribution is 5.84. The summed E-state index contributed by atoms with van der Waals surface area (Å²) in [6, 6.07) is 16.8. The van der Waals surface area contributed by atoms with Crippen molar-refractivity contribution in [3.8, 4) is 11.4 Å². The molecule has 9 nitrogen and oxygen atoms in total. The average molecular weight is 390 g/mol. The molecule has 1 fully saturated rings. The molecule has 0 amide bonds. The Kier molecular flexibility index (Phi) is 4.11. The second-order valence-electron chi connectivity index (χ2n) is 6.94. The molecule has 0 aliphatic carbocycles. The Labute approximate surface area is 165 Å². The first-order valence-electron chi connectivity index (χ1n) is 9.26. The molecule has 0 spiro atoms. The lowest BCUT2D eigenvalue weighted by Gasteiger charge is -2.28. The fourth-order valence-electron chi connectivity index (χ4n) is 3.91. The molecule has 0 bridgehead atoms. The average Bonchev–Trinajstić information content (AvgIpc) is 3.49. The van der Waals surface area contributed by atoms with Crippen LogP contribution in [0.4, 0.5) is 0 Å². The van der Waals surface area contributed by atoms with E-state index < -0.39 is 17.6 Å². The minimum Gasteiger partial charge on any atom is -0.365 e. The van der Waals surface area contributed by atoms with Crippen molar-refractivity contribution in [2.75, 3.05) is 6.54 Å². The molecule has 9 heteroatoms. The molecule has 1 aliphatic rings. The van der Waals surface area contributed by atoms with Gasteiger partial charge in [-0.05, 0) is 35.9 Å². The maximum atomic E-state index is 13.1. The number of nitrogens with one attached hydrogen (secondary N) is 2. The minimum absolute atomic E-state index is 0.402. The van der Waals surface area contributed by atoms with Gasteiger partial charge in [0.25, 0.3) is 0 Å². The van der Waals surface area contributed by atoms with Gasteiger partial charge in [-0.25, -0.2) is 4.79 Å². The second kappa shape index (κ2) is 6.80. The number of benzene rings is 2. The van der Waals surface area contributed by atoms with E-state index in [9.17, 15) is 9.90 Å². The molecule has 5 rings (SSSR count). The van der Waals surface area contributed by atoms with Gasteiger partial charge in [0.05, 0.1) is 5.52 Å². The van der Waals surface area contributed by atoms with Gasteiger partial charge in [0, 0.05) is 23.1 Å². The molecule has 2 aromatic carbocycles. The summed E-state index contributed by atoms with van der Waals surface area (Å²) in [5.41, 5.74) is 0.306. The number of nitrogens with zero attached hydrogens (tertiary/aromatic N) is 4. The largest absolute Gasteiger partial charge is 0.379 e. The summed E-state index contributed by atoms with van der Waals surface area (Å²) in [6.45, 7) is 0.462. The van der Waals surface area contributed by atoms with Crippen LogP contribution < -0.4 is 10.2 Å². The SMILES string of the molecule is O=C(On1ccc2ccccc21)[C@@]1(O)NCCC1c1ccccc1-c1nn[nH]n1. The van der Waals surface area contributed by atoms with Crippen molar-refractivity contribution in [3.05, 3.63) is 66.4 Å². The Morgan fingerprint density at radius 1 is 1.17 bits per heavy atom. The molecule has 0 radical (unpaired) electrons. The molecule has 4 aromatic rings. The van der Waals surface area contributed by atoms with Crippen molar-refractivity contribution < 1.29 is 14.7 Å². The van der Waals surface area contributed by atoms with Crippen LogP contribution in [0.2, 0.25) is 0 Å². The molecular formula is C20H18N6O3. The third-order valence-corrected chi connectivity index (χ3v) is 5.31. The van der Waals surface area contributed by atoms with Crippen LogP contribution in [0.3, 0.4) is 0 Å². The Morgan fingerprint density at radius 3 is 2.86 bits per heavy atom. The molecule has 29 heavy (non-hydrogen) atoms. The lowest BCUT2D eigenvalue weighted by Crippen LogP contribution is -2.54. The van der Waals surface area contributed by atoms with E-state index in [4.69, 9.17) is 4.84 Å². The zero-order chi connectivity index (χ0) is 19.8. The number of aromatic amines is 1. The van der Waals surface area contributed by atoms with Crippen molar-refractivity contribution in [1.29, 1.82) is 0 Å². The lowest BCUT2D eigenvalue weighted by molar-refractivity contribution is -0.169. The van der Waals surface area contributed by atoms with Crippen LogP contribution in [0.5, 0.6) is 0 Å². The van der Waals surface area contributed by atoms with Gasteiger partial charge >= 0.3 is 5.97 Å². The van der Waals surface area contributed by atoms with Gasteiger partial charge in [0.15, 0.2) is 0 Å². The molecule has 1 aliphatic heterocycles. The number of fused-ring (bicyclic) bond motifs is 1. The smallest absolute Gasteiger partial charge is 0.365 e. The molecular weight excluding hydrogens is 372 g/mol. The number of carbonyl (C=O) groups excluding carboxylic acids is 1. The topological polar surface area (TPSA) is 118 Å². The van der Waals surface area contributed by atoms with E-state index in [1.165, 1.54) is 4.73 Å². The van der Waals surface area contributed by atoms with E-state index in [1.54, 1.807) is 6.20 Å². The van der Waals surface area contributed by atoms with Crippen LogP contribution in [0.15, 0.2) is 60.8 Å². The van der Waals surface area contributed by atoms with Gasteiger partial charge in [0.2, 0.25) is 11.5 Å². The number of carbonyl (C=O) groups is 1. The van der Waals surface area contributed by atoms with Crippen LogP contribution in [0.1, 0.15) is 17.9 Å². The first-order valence-corrected chi connectivity index (χ1v) is 9.26. The Bertz CT molecular complexity index is 1170. The van der Waals surface area contributed by atoms with Gasteiger partial charge in [-0.2, -0.15) is 9.94 Å². The zero-order valence-corrected chi connectivity index (χ0v) is 15.3. The van der Waals surface area contributed by atoms with Crippen molar-refractivity contribution in [1.82, 2.24) is 30.7 Å². The van der Waals surface area contributed by atoms with Gasteiger partial charge in [-0.1, -0.05) is 42.5 Å². The number of aromatic nitrogens is 5. The molecule has 3 N–H and O–H groups in total. The maximum Gasteiger partial charge on any atom is 0.379 e. The highest BCUT2D eigenvalue weighted by atomic mass is 16.7. The first kappa shape index (κ1) is 17.5. The maximum absolute atomic E-state index is 13.1. The summed E-state index contributed by atoms with van der Waals surface area (Å²) in [6.07, 6.45) is 2.20. The lowest BCUT2D eigenvalue weighted by atomic mass is 9.86. The van der Waals surface area contributed by atoms with Crippen molar-refractivity contribution in [3.63, 3.8) is 0 Å². The zero-order valence-electron chi connectivity index (χ0n) is 15.3. The van der Waals surface area contributed by atoms with E-state index in [1.807, 2.05) is 54.6 Å². The molecule has 1 saturated heterocycles. The third kappa shape index (κ3) is 2.87. The van der Waals surface area contributed by atoms with Gasteiger partial charge in [-0.15, -0.1) is 10.2 Å². The summed E-state index contributed by atoms with van der Waals surface area (Å²) < 4.78 is 1.37. The quantitative estimate of drug-likeness (QED) is 0.480. The summed E-state index contributed by atoms with van der Waals surface area (Å²) in [7, 11) is 0. The fourth-order valence-corrected chi connectivity index (χ4v) is 3.91. The highest BCUT2D eigenvalue weighted by Gasteiger charge is 2.51. The van der Waals surface area contributed by atoms with Crippen molar-refractivity contribution >= 4 is 16.9 Å².